The van der Waals surface area contributed by atoms with E-state index in [1.807, 2.05) is 6.07 Å². The lowest BCUT2D eigenvalue weighted by atomic mass is 9.90. The molecule has 0 aliphatic carbocycles. The van der Waals surface area contributed by atoms with E-state index in [9.17, 15) is 24.0 Å². The molecule has 2 saturated heterocycles. The first kappa shape index (κ1) is 30.7. The number of benzene rings is 3. The average Bonchev–Trinajstić information content (AvgIpc) is 3.71. The summed E-state index contributed by atoms with van der Waals surface area (Å²) in [6.45, 7) is 3.28. The van der Waals surface area contributed by atoms with Crippen molar-refractivity contribution in [2.45, 2.75) is 26.0 Å². The van der Waals surface area contributed by atoms with E-state index in [4.69, 9.17) is 19.0 Å². The van der Waals surface area contributed by atoms with Crippen LogP contribution in [-0.4, -0.2) is 49.5 Å². The fourth-order valence-corrected chi connectivity index (χ4v) is 6.82. The zero-order chi connectivity index (χ0) is 32.5. The Morgan fingerprint density at radius 1 is 0.848 bits per heavy atom. The molecule has 1 aromatic heterocycles. The number of ether oxygens (including phenoxy) is 3. The molecule has 2 fully saturated rings. The summed E-state index contributed by atoms with van der Waals surface area (Å²) in [5, 5.41) is 1.49. The molecule has 2 amide bonds. The number of anilines is 2. The molecule has 12 heteroatoms. The van der Waals surface area contributed by atoms with E-state index in [1.165, 1.54) is 19.1 Å². The van der Waals surface area contributed by atoms with Crippen LogP contribution in [0.3, 0.4) is 0 Å². The lowest BCUT2D eigenvalue weighted by Gasteiger charge is -2.28. The first-order chi connectivity index (χ1) is 22.2. The van der Waals surface area contributed by atoms with E-state index >= 15 is 0 Å². The highest BCUT2D eigenvalue weighted by molar-refractivity contribution is 7.19. The molecule has 234 valence electrons. The predicted molar refractivity (Wildman–Crippen MR) is 167 cm³/mol. The van der Waals surface area contributed by atoms with Crippen molar-refractivity contribution >= 4 is 51.7 Å². The van der Waals surface area contributed by atoms with Crippen molar-refractivity contribution in [3.05, 3.63) is 112 Å². The third-order valence-corrected chi connectivity index (χ3v) is 9.01. The maximum absolute atomic E-state index is 14.3. The summed E-state index contributed by atoms with van der Waals surface area (Å²) < 4.78 is 15.6. The van der Waals surface area contributed by atoms with Crippen molar-refractivity contribution in [2.75, 3.05) is 23.7 Å². The first-order valence-corrected chi connectivity index (χ1v) is 15.2. The Kier molecular flexibility index (Phi) is 8.39. The molecule has 3 atom stereocenters. The van der Waals surface area contributed by atoms with Crippen molar-refractivity contribution in [3.63, 3.8) is 0 Å². The molecule has 46 heavy (non-hydrogen) atoms. The summed E-state index contributed by atoms with van der Waals surface area (Å²) in [6, 6.07) is 23.4. The monoisotopic (exact) mass is 640 g/mol. The number of hydroxylamine groups is 1. The largest absolute Gasteiger partial charge is 0.465 e. The van der Waals surface area contributed by atoms with Gasteiger partial charge in [-0.15, -0.1) is 11.3 Å². The SMILES string of the molecule is CCOC(=O)c1sc(N2C(=O)[C@H]3[C@H](ON(c4ccccc4)[C@H]3c3ccc(OC(=O)c4ccccc4)cc3)C2=O)c(C(=O)OC)c1C. The fraction of sp³-hybridized carbons (Fsp3) is 0.206. The number of esters is 3. The number of amides is 2. The van der Waals surface area contributed by atoms with Crippen LogP contribution in [0.1, 0.15) is 54.5 Å². The minimum atomic E-state index is -1.23. The molecule has 2 aliphatic heterocycles. The second-order valence-electron chi connectivity index (χ2n) is 10.4. The van der Waals surface area contributed by atoms with Gasteiger partial charge in [-0.2, -0.15) is 0 Å². The summed E-state index contributed by atoms with van der Waals surface area (Å²) in [6.07, 6.45) is -1.23. The van der Waals surface area contributed by atoms with Crippen molar-refractivity contribution in [1.82, 2.24) is 0 Å². The minimum Gasteiger partial charge on any atom is -0.465 e. The van der Waals surface area contributed by atoms with Gasteiger partial charge in [0, 0.05) is 0 Å². The highest BCUT2D eigenvalue weighted by atomic mass is 32.1. The van der Waals surface area contributed by atoms with Gasteiger partial charge in [-0.3, -0.25) is 14.4 Å². The van der Waals surface area contributed by atoms with E-state index in [0.717, 1.165) is 16.2 Å². The molecule has 3 heterocycles. The lowest BCUT2D eigenvalue weighted by molar-refractivity contribution is -0.126. The Morgan fingerprint density at radius 3 is 2.13 bits per heavy atom. The predicted octanol–water partition coefficient (Wildman–Crippen LogP) is 5.29. The number of para-hydroxylation sites is 1. The molecule has 0 unspecified atom stereocenters. The Balaban J connectivity index is 1.37. The van der Waals surface area contributed by atoms with Gasteiger partial charge in [-0.05, 0) is 61.4 Å². The second kappa shape index (κ2) is 12.6. The maximum atomic E-state index is 14.3. The zero-order valence-corrected chi connectivity index (χ0v) is 25.8. The van der Waals surface area contributed by atoms with E-state index in [2.05, 4.69) is 0 Å². The fourth-order valence-electron chi connectivity index (χ4n) is 5.62. The molecule has 11 nitrogen and oxygen atoms in total. The van der Waals surface area contributed by atoms with Gasteiger partial charge >= 0.3 is 17.9 Å². The number of methoxy groups -OCH3 is 1. The number of rotatable bonds is 8. The van der Waals surface area contributed by atoms with Gasteiger partial charge in [0.05, 0.1) is 36.6 Å². The zero-order valence-electron chi connectivity index (χ0n) is 25.0. The molecular weight excluding hydrogens is 612 g/mol. The Bertz CT molecular complexity index is 1820. The molecule has 0 bridgehead atoms. The van der Waals surface area contributed by atoms with Crippen LogP contribution in [0.25, 0.3) is 0 Å². The minimum absolute atomic E-state index is 0.0337. The van der Waals surface area contributed by atoms with Crippen molar-refractivity contribution in [1.29, 1.82) is 0 Å². The van der Waals surface area contributed by atoms with Crippen molar-refractivity contribution in [3.8, 4) is 5.75 Å². The number of carbonyl (C=O) groups excluding carboxylic acids is 5. The van der Waals surface area contributed by atoms with E-state index in [0.29, 0.717) is 16.8 Å². The quantitative estimate of drug-likeness (QED) is 0.142. The van der Waals surface area contributed by atoms with Gasteiger partial charge in [0.1, 0.15) is 21.5 Å². The van der Waals surface area contributed by atoms with Gasteiger partial charge < -0.3 is 14.2 Å². The number of carbonyl (C=O) groups is 5. The Labute approximate surface area is 267 Å². The van der Waals surface area contributed by atoms with E-state index < -0.39 is 47.8 Å². The van der Waals surface area contributed by atoms with Gasteiger partial charge in [0.2, 0.25) is 5.91 Å². The number of imide groups is 1. The Hall–Kier alpha value is -5.33. The molecule has 3 aromatic carbocycles. The van der Waals surface area contributed by atoms with Crippen LogP contribution in [0, 0.1) is 12.8 Å². The summed E-state index contributed by atoms with van der Waals surface area (Å²) in [4.78, 5) is 73.7. The van der Waals surface area contributed by atoms with Crippen LogP contribution in [0.5, 0.6) is 5.75 Å². The van der Waals surface area contributed by atoms with Crippen LogP contribution >= 0.6 is 11.3 Å². The van der Waals surface area contributed by atoms with Gasteiger partial charge in [-0.1, -0.05) is 48.5 Å². The smallest absolute Gasteiger partial charge is 0.348 e. The number of thiophene rings is 1. The van der Waals surface area contributed by atoms with Crippen LogP contribution in [0.2, 0.25) is 0 Å². The van der Waals surface area contributed by atoms with Crippen LogP contribution in [0.4, 0.5) is 10.7 Å². The molecule has 0 spiro atoms. The standard InChI is InChI=1S/C34H28N2O9S/c1-4-43-34(41)28-19(2)24(33(40)42-3)31(46-28)35-29(37)25-26(36(45-27(25)30(35)38)22-13-9-6-10-14-22)20-15-17-23(18-16-20)44-32(39)21-11-7-5-8-12-21/h5-18,25-27H,4H2,1-3H3/t25-,26+,27+/m1/s1. The molecular formula is C34H28N2O9S. The van der Waals surface area contributed by atoms with E-state index in [1.54, 1.807) is 85.8 Å². The highest BCUT2D eigenvalue weighted by Gasteiger charge is 2.61. The molecule has 2 aliphatic rings. The summed E-state index contributed by atoms with van der Waals surface area (Å²) in [7, 11) is 1.17. The average molecular weight is 641 g/mol. The topological polar surface area (TPSA) is 129 Å². The van der Waals surface area contributed by atoms with E-state index in [-0.39, 0.29) is 33.4 Å². The van der Waals surface area contributed by atoms with Gasteiger partial charge in [0.25, 0.3) is 5.91 Å². The summed E-state index contributed by atoms with van der Waals surface area (Å²) in [5.74, 6) is -4.04. The first-order valence-electron chi connectivity index (χ1n) is 14.4. The van der Waals surface area contributed by atoms with Gasteiger partial charge in [0.15, 0.2) is 6.10 Å². The molecule has 4 aromatic rings. The summed E-state index contributed by atoms with van der Waals surface area (Å²) in [5.41, 5.74) is 1.79. The normalized spacial score (nSPS) is 18.8. The maximum Gasteiger partial charge on any atom is 0.348 e. The lowest BCUT2D eigenvalue weighted by Crippen LogP contribution is -2.37. The molecule has 0 radical (unpaired) electrons. The van der Waals surface area contributed by atoms with Gasteiger partial charge in [-0.25, -0.2) is 24.3 Å². The number of nitrogens with zero attached hydrogens (tertiary/aromatic N) is 2. The van der Waals surface area contributed by atoms with Crippen molar-refractivity contribution < 1.29 is 43.0 Å². The number of fused-ring (bicyclic) bond motifs is 1. The van der Waals surface area contributed by atoms with Crippen LogP contribution in [0.15, 0.2) is 84.9 Å². The van der Waals surface area contributed by atoms with Crippen molar-refractivity contribution in [2.24, 2.45) is 5.92 Å². The highest BCUT2D eigenvalue weighted by Crippen LogP contribution is 2.50. The third-order valence-electron chi connectivity index (χ3n) is 7.75. The molecule has 0 N–H and O–H groups in total. The molecule has 6 rings (SSSR count). The Morgan fingerprint density at radius 2 is 1.50 bits per heavy atom. The molecule has 0 saturated carbocycles. The number of hydrogen-bond acceptors (Lipinski definition) is 11. The van der Waals surface area contributed by atoms with Crippen LogP contribution < -0.4 is 14.7 Å². The number of hydrogen-bond donors (Lipinski definition) is 0. The second-order valence-corrected chi connectivity index (χ2v) is 11.4. The third kappa shape index (κ3) is 5.31. The summed E-state index contributed by atoms with van der Waals surface area (Å²) >= 11 is 0.813. The van der Waals surface area contributed by atoms with Crippen LogP contribution in [-0.2, 0) is 23.9 Å².